The van der Waals surface area contributed by atoms with Gasteiger partial charge < -0.3 is 10.1 Å². The van der Waals surface area contributed by atoms with Gasteiger partial charge in [-0.3, -0.25) is 0 Å². The van der Waals surface area contributed by atoms with E-state index in [4.69, 9.17) is 4.74 Å². The highest BCUT2D eigenvalue weighted by atomic mass is 16.5. The van der Waals surface area contributed by atoms with Gasteiger partial charge in [-0.15, -0.1) is 0 Å². The summed E-state index contributed by atoms with van der Waals surface area (Å²) in [5, 5.41) is 3.18. The monoisotopic (exact) mass is 250 g/mol. The number of rotatable bonds is 8. The van der Waals surface area contributed by atoms with E-state index < -0.39 is 0 Å². The third kappa shape index (κ3) is 4.65. The Labute approximate surface area is 111 Å². The van der Waals surface area contributed by atoms with Gasteiger partial charge in [-0.2, -0.15) is 0 Å². The number of hydrogen-bond donors (Lipinski definition) is 1. The van der Waals surface area contributed by atoms with Crippen LogP contribution in [0, 0.1) is 13.8 Å². The first-order valence-electron chi connectivity index (χ1n) is 6.93. The van der Waals surface area contributed by atoms with Crippen molar-refractivity contribution in [2.75, 3.05) is 13.7 Å². The van der Waals surface area contributed by atoms with Crippen LogP contribution in [0.2, 0.25) is 0 Å². The maximum Gasteiger partial charge on any atom is 0.218 e. The van der Waals surface area contributed by atoms with Crippen LogP contribution >= 0.6 is 0 Å². The van der Waals surface area contributed by atoms with Crippen LogP contribution in [-0.4, -0.2) is 18.6 Å². The summed E-state index contributed by atoms with van der Waals surface area (Å²) in [5.41, 5.74) is 3.45. The van der Waals surface area contributed by atoms with Crippen molar-refractivity contribution < 1.29 is 4.74 Å². The van der Waals surface area contributed by atoms with Crippen molar-refractivity contribution in [1.29, 1.82) is 0 Å². The van der Waals surface area contributed by atoms with E-state index in [1.165, 1.54) is 30.4 Å². The second-order valence-electron chi connectivity index (χ2n) is 4.80. The van der Waals surface area contributed by atoms with Gasteiger partial charge in [0.15, 0.2) is 0 Å². The molecule has 3 nitrogen and oxygen atoms in total. The highest BCUT2D eigenvalue weighted by molar-refractivity contribution is 5.35. The molecule has 1 heterocycles. The number of nitrogens with one attached hydrogen (secondary N) is 1. The van der Waals surface area contributed by atoms with Gasteiger partial charge in [0, 0.05) is 17.8 Å². The summed E-state index contributed by atoms with van der Waals surface area (Å²) in [4.78, 5) is 4.51. The smallest absolute Gasteiger partial charge is 0.218 e. The Hall–Kier alpha value is -1.09. The van der Waals surface area contributed by atoms with E-state index in [2.05, 4.69) is 30.2 Å². The molecule has 102 valence electrons. The van der Waals surface area contributed by atoms with Gasteiger partial charge in [-0.1, -0.05) is 26.2 Å². The normalized spacial score (nSPS) is 10.7. The van der Waals surface area contributed by atoms with Crippen molar-refractivity contribution >= 4 is 0 Å². The SMILES string of the molecule is CCCCCCOc1nc(C)cc(C)c1CNC. The molecule has 1 N–H and O–H groups in total. The number of hydrogen-bond acceptors (Lipinski definition) is 3. The quantitative estimate of drug-likeness (QED) is 0.718. The summed E-state index contributed by atoms with van der Waals surface area (Å²) in [6.07, 6.45) is 4.89. The average Bonchev–Trinajstić information content (AvgIpc) is 2.33. The molecule has 0 saturated carbocycles. The van der Waals surface area contributed by atoms with E-state index in [0.717, 1.165) is 31.1 Å². The zero-order valence-electron chi connectivity index (χ0n) is 12.2. The Morgan fingerprint density at radius 3 is 2.67 bits per heavy atom. The number of aromatic nitrogens is 1. The molecular weight excluding hydrogens is 224 g/mol. The molecule has 1 aromatic rings. The first kappa shape index (κ1) is 15.0. The predicted molar refractivity (Wildman–Crippen MR) is 76.1 cm³/mol. The second kappa shape index (κ2) is 8.09. The molecular formula is C15H26N2O. The Morgan fingerprint density at radius 1 is 1.22 bits per heavy atom. The first-order valence-corrected chi connectivity index (χ1v) is 6.93. The first-order chi connectivity index (χ1) is 8.69. The van der Waals surface area contributed by atoms with Crippen molar-refractivity contribution in [2.45, 2.75) is 53.0 Å². The summed E-state index contributed by atoms with van der Waals surface area (Å²) in [6, 6.07) is 2.11. The Bertz CT molecular complexity index is 364. The fourth-order valence-corrected chi connectivity index (χ4v) is 2.04. The van der Waals surface area contributed by atoms with Crippen LogP contribution in [0.4, 0.5) is 0 Å². The molecule has 0 aliphatic rings. The lowest BCUT2D eigenvalue weighted by Crippen LogP contribution is -2.11. The molecule has 0 aliphatic carbocycles. The molecule has 0 unspecified atom stereocenters. The molecule has 0 bridgehead atoms. The molecule has 0 saturated heterocycles. The van der Waals surface area contributed by atoms with Crippen LogP contribution < -0.4 is 10.1 Å². The van der Waals surface area contributed by atoms with Crippen LogP contribution in [0.15, 0.2) is 6.07 Å². The molecule has 0 fully saturated rings. The fraction of sp³-hybridized carbons (Fsp3) is 0.667. The lowest BCUT2D eigenvalue weighted by molar-refractivity contribution is 0.289. The minimum absolute atomic E-state index is 0.770. The maximum atomic E-state index is 5.85. The summed E-state index contributed by atoms with van der Waals surface area (Å²) in [7, 11) is 1.95. The van der Waals surface area contributed by atoms with Gasteiger partial charge in [0.2, 0.25) is 5.88 Å². The van der Waals surface area contributed by atoms with Gasteiger partial charge in [0.25, 0.3) is 0 Å². The molecule has 0 spiro atoms. The standard InChI is InChI=1S/C15H26N2O/c1-5-6-7-8-9-18-15-14(11-16-4)12(2)10-13(3)17-15/h10,16H,5-9,11H2,1-4H3. The molecule has 0 radical (unpaired) electrons. The lowest BCUT2D eigenvalue weighted by Gasteiger charge is -2.13. The van der Waals surface area contributed by atoms with Gasteiger partial charge >= 0.3 is 0 Å². The van der Waals surface area contributed by atoms with Crippen molar-refractivity contribution in [3.05, 3.63) is 22.9 Å². The third-order valence-electron chi connectivity index (χ3n) is 3.03. The topological polar surface area (TPSA) is 34.1 Å². The Morgan fingerprint density at radius 2 is 2.00 bits per heavy atom. The summed E-state index contributed by atoms with van der Waals surface area (Å²) in [5.74, 6) is 0.804. The number of nitrogens with zero attached hydrogens (tertiary/aromatic N) is 1. The predicted octanol–water partition coefficient (Wildman–Crippen LogP) is 3.38. The minimum atomic E-state index is 0.770. The largest absolute Gasteiger partial charge is 0.477 e. The summed E-state index contributed by atoms with van der Waals surface area (Å²) < 4.78 is 5.85. The van der Waals surface area contributed by atoms with E-state index in [1.54, 1.807) is 0 Å². The number of aryl methyl sites for hydroxylation is 2. The van der Waals surface area contributed by atoms with E-state index in [0.29, 0.717) is 0 Å². The second-order valence-corrected chi connectivity index (χ2v) is 4.80. The van der Waals surface area contributed by atoms with Crippen molar-refractivity contribution in [2.24, 2.45) is 0 Å². The van der Waals surface area contributed by atoms with Crippen LogP contribution in [0.5, 0.6) is 5.88 Å². The van der Waals surface area contributed by atoms with Crippen LogP contribution in [0.1, 0.15) is 49.4 Å². The highest BCUT2D eigenvalue weighted by Crippen LogP contribution is 2.21. The van der Waals surface area contributed by atoms with Crippen LogP contribution in [0.25, 0.3) is 0 Å². The fourth-order valence-electron chi connectivity index (χ4n) is 2.04. The molecule has 18 heavy (non-hydrogen) atoms. The molecule has 0 aromatic carbocycles. The van der Waals surface area contributed by atoms with Gasteiger partial charge in [0.05, 0.1) is 6.61 Å². The van der Waals surface area contributed by atoms with Crippen molar-refractivity contribution in [1.82, 2.24) is 10.3 Å². The van der Waals surface area contributed by atoms with E-state index >= 15 is 0 Å². The van der Waals surface area contributed by atoms with Gasteiger partial charge in [-0.05, 0) is 38.9 Å². The minimum Gasteiger partial charge on any atom is -0.477 e. The maximum absolute atomic E-state index is 5.85. The van der Waals surface area contributed by atoms with Crippen LogP contribution in [-0.2, 0) is 6.54 Å². The lowest BCUT2D eigenvalue weighted by atomic mass is 10.1. The van der Waals surface area contributed by atoms with Gasteiger partial charge in [-0.25, -0.2) is 4.98 Å². The van der Waals surface area contributed by atoms with Gasteiger partial charge in [0.1, 0.15) is 0 Å². The highest BCUT2D eigenvalue weighted by Gasteiger charge is 2.09. The molecule has 0 atom stereocenters. The van der Waals surface area contributed by atoms with Crippen molar-refractivity contribution in [3.63, 3.8) is 0 Å². The Kier molecular flexibility index (Phi) is 6.73. The molecule has 3 heteroatoms. The van der Waals surface area contributed by atoms with E-state index in [9.17, 15) is 0 Å². The Balaban J connectivity index is 2.62. The zero-order valence-corrected chi connectivity index (χ0v) is 12.2. The third-order valence-corrected chi connectivity index (χ3v) is 3.03. The molecule has 0 aliphatic heterocycles. The van der Waals surface area contributed by atoms with Crippen LogP contribution in [0.3, 0.4) is 0 Å². The summed E-state index contributed by atoms with van der Waals surface area (Å²) >= 11 is 0. The molecule has 1 rings (SSSR count). The van der Waals surface area contributed by atoms with E-state index in [1.807, 2.05) is 14.0 Å². The van der Waals surface area contributed by atoms with Crippen molar-refractivity contribution in [3.8, 4) is 5.88 Å². The number of pyridine rings is 1. The number of unbranched alkanes of at least 4 members (excludes halogenated alkanes) is 3. The average molecular weight is 250 g/mol. The molecule has 1 aromatic heterocycles. The van der Waals surface area contributed by atoms with E-state index in [-0.39, 0.29) is 0 Å². The zero-order chi connectivity index (χ0) is 13.4. The summed E-state index contributed by atoms with van der Waals surface area (Å²) in [6.45, 7) is 7.93. The molecule has 0 amide bonds. The number of ether oxygens (including phenoxy) is 1.